The van der Waals surface area contributed by atoms with Crippen LogP contribution >= 0.6 is 0 Å². The van der Waals surface area contributed by atoms with E-state index < -0.39 is 24.7 Å². The summed E-state index contributed by atoms with van der Waals surface area (Å²) in [4.78, 5) is 8.53. The van der Waals surface area contributed by atoms with Crippen LogP contribution in [0.5, 0.6) is 11.5 Å². The number of anilines is 1. The molecule has 0 saturated heterocycles. The number of nitrogens with zero attached hydrogens (tertiary/aromatic N) is 2. The van der Waals surface area contributed by atoms with Crippen molar-refractivity contribution in [3.05, 3.63) is 113 Å². The molecule has 0 bridgehead atoms. The van der Waals surface area contributed by atoms with Gasteiger partial charge in [0.05, 0.1) is 0 Å². The van der Waals surface area contributed by atoms with Crippen LogP contribution in [0.15, 0.2) is 85.3 Å². The summed E-state index contributed by atoms with van der Waals surface area (Å²) < 4.78 is 73.7. The summed E-state index contributed by atoms with van der Waals surface area (Å²) >= 11 is 0. The summed E-state index contributed by atoms with van der Waals surface area (Å²) in [5, 5.41) is 3.26. The molecule has 0 radical (unpaired) electrons. The number of rotatable bonds is 11. The van der Waals surface area contributed by atoms with E-state index in [1.165, 1.54) is 30.3 Å². The predicted molar refractivity (Wildman–Crippen MR) is 132 cm³/mol. The average Bonchev–Trinajstić information content (AvgIpc) is 2.89. The first kappa shape index (κ1) is 26.8. The minimum Gasteiger partial charge on any atom is -0.431 e. The fraction of sp³-hybridized carbons (Fsp3) is 0.214. The molecule has 0 aliphatic heterocycles. The Labute approximate surface area is 216 Å². The number of ether oxygens (including phenoxy) is 2. The molecular formula is C28H24F5N3O2. The maximum Gasteiger partial charge on any atom is 0.387 e. The highest BCUT2D eigenvalue weighted by atomic mass is 19.3. The van der Waals surface area contributed by atoms with Crippen LogP contribution in [0.3, 0.4) is 0 Å². The molecule has 1 N–H and O–H groups in total. The number of pyridine rings is 2. The van der Waals surface area contributed by atoms with Gasteiger partial charge in [0.25, 0.3) is 0 Å². The average molecular weight is 530 g/mol. The number of hydrogen-bond donors (Lipinski definition) is 1. The van der Waals surface area contributed by atoms with E-state index in [0.29, 0.717) is 17.8 Å². The molecule has 0 spiro atoms. The second-order valence-corrected chi connectivity index (χ2v) is 8.47. The van der Waals surface area contributed by atoms with Crippen molar-refractivity contribution >= 4 is 5.82 Å². The third-order valence-corrected chi connectivity index (χ3v) is 5.91. The van der Waals surface area contributed by atoms with Gasteiger partial charge in [-0.25, -0.2) is 9.37 Å². The Balaban J connectivity index is 1.63. The summed E-state index contributed by atoms with van der Waals surface area (Å²) in [5.41, 5.74) is 3.10. The maximum atomic E-state index is 13.2. The van der Waals surface area contributed by atoms with Crippen LogP contribution in [0.25, 0.3) is 0 Å². The molecule has 2 heterocycles. The van der Waals surface area contributed by atoms with Crippen LogP contribution in [0.4, 0.5) is 27.8 Å². The van der Waals surface area contributed by atoms with Crippen LogP contribution < -0.4 is 14.8 Å². The molecule has 0 saturated carbocycles. The van der Waals surface area contributed by atoms with Gasteiger partial charge in [-0.05, 0) is 78.1 Å². The molecule has 2 aromatic heterocycles. The monoisotopic (exact) mass is 529 g/mol. The molecule has 2 aromatic carbocycles. The highest BCUT2D eigenvalue weighted by Gasteiger charge is 2.21. The number of alkyl halides is 4. The molecule has 0 amide bonds. The van der Waals surface area contributed by atoms with Gasteiger partial charge in [0.1, 0.15) is 11.6 Å². The fourth-order valence-corrected chi connectivity index (χ4v) is 4.06. The standard InChI is InChI=1S/C28H24F5N3O2/c1-17(19-2-6-22(29)7-3-19)36-26-9-5-21(16-35-26)23(14-18-10-12-34-13-11-18)20-4-8-24(37-27(30)31)25(15-20)38-28(32)33/h2-13,15-17,23,27-28H,14H2,1H3,(H,35,36). The van der Waals surface area contributed by atoms with Gasteiger partial charge in [0, 0.05) is 30.6 Å². The molecule has 4 aromatic rings. The molecule has 4 rings (SSSR count). The van der Waals surface area contributed by atoms with Gasteiger partial charge in [-0.2, -0.15) is 17.6 Å². The number of halogens is 5. The van der Waals surface area contributed by atoms with E-state index in [2.05, 4.69) is 24.8 Å². The van der Waals surface area contributed by atoms with Crippen LogP contribution in [0.2, 0.25) is 0 Å². The topological polar surface area (TPSA) is 56.3 Å². The van der Waals surface area contributed by atoms with Crippen molar-refractivity contribution in [2.45, 2.75) is 38.5 Å². The minimum absolute atomic E-state index is 0.141. The number of nitrogens with one attached hydrogen (secondary N) is 1. The molecule has 38 heavy (non-hydrogen) atoms. The number of benzene rings is 2. The van der Waals surface area contributed by atoms with Crippen molar-refractivity contribution in [3.8, 4) is 11.5 Å². The molecule has 2 atom stereocenters. The van der Waals surface area contributed by atoms with E-state index >= 15 is 0 Å². The highest BCUT2D eigenvalue weighted by molar-refractivity contribution is 5.48. The summed E-state index contributed by atoms with van der Waals surface area (Å²) in [7, 11) is 0. The minimum atomic E-state index is -3.22. The van der Waals surface area contributed by atoms with Crippen molar-refractivity contribution in [1.29, 1.82) is 0 Å². The summed E-state index contributed by atoms with van der Waals surface area (Å²) in [5.74, 6) is -1.10. The lowest BCUT2D eigenvalue weighted by molar-refractivity contribution is -0.0692. The second kappa shape index (κ2) is 12.4. The molecular weight excluding hydrogens is 505 g/mol. The molecule has 0 aliphatic carbocycles. The van der Waals surface area contributed by atoms with Crippen molar-refractivity contribution < 1.29 is 31.4 Å². The Morgan fingerprint density at radius 2 is 1.39 bits per heavy atom. The van der Waals surface area contributed by atoms with Gasteiger partial charge in [-0.3, -0.25) is 4.98 Å². The van der Waals surface area contributed by atoms with E-state index in [0.717, 1.165) is 16.7 Å². The van der Waals surface area contributed by atoms with Gasteiger partial charge >= 0.3 is 13.2 Å². The van der Waals surface area contributed by atoms with Gasteiger partial charge < -0.3 is 14.8 Å². The quantitative estimate of drug-likeness (QED) is 0.206. The molecule has 5 nitrogen and oxygen atoms in total. The fourth-order valence-electron chi connectivity index (χ4n) is 4.06. The Kier molecular flexibility index (Phi) is 8.73. The zero-order chi connectivity index (χ0) is 27.1. The highest BCUT2D eigenvalue weighted by Crippen LogP contribution is 2.37. The Morgan fingerprint density at radius 3 is 2.03 bits per heavy atom. The van der Waals surface area contributed by atoms with E-state index in [1.807, 2.05) is 25.1 Å². The van der Waals surface area contributed by atoms with Crippen LogP contribution in [0, 0.1) is 5.82 Å². The number of hydrogen-bond acceptors (Lipinski definition) is 5. The third kappa shape index (κ3) is 7.18. The first-order valence-electron chi connectivity index (χ1n) is 11.7. The Bertz CT molecular complexity index is 1310. The summed E-state index contributed by atoms with van der Waals surface area (Å²) in [6.45, 7) is -4.50. The number of aromatic nitrogens is 2. The maximum absolute atomic E-state index is 13.2. The molecule has 0 fully saturated rings. The first-order valence-corrected chi connectivity index (χ1v) is 11.7. The van der Waals surface area contributed by atoms with Gasteiger partial charge in [-0.15, -0.1) is 0 Å². The predicted octanol–water partition coefficient (Wildman–Crippen LogP) is 7.37. The van der Waals surface area contributed by atoms with Gasteiger partial charge in [-0.1, -0.05) is 24.3 Å². The normalized spacial score (nSPS) is 12.8. The molecule has 2 unspecified atom stereocenters. The van der Waals surface area contributed by atoms with E-state index in [-0.39, 0.29) is 17.8 Å². The zero-order valence-electron chi connectivity index (χ0n) is 20.2. The van der Waals surface area contributed by atoms with Crippen LogP contribution in [-0.2, 0) is 6.42 Å². The molecule has 198 valence electrons. The van der Waals surface area contributed by atoms with E-state index in [4.69, 9.17) is 0 Å². The first-order chi connectivity index (χ1) is 18.3. The largest absolute Gasteiger partial charge is 0.431 e. The van der Waals surface area contributed by atoms with Crippen LogP contribution in [-0.4, -0.2) is 23.2 Å². The van der Waals surface area contributed by atoms with E-state index in [9.17, 15) is 22.0 Å². The van der Waals surface area contributed by atoms with Crippen LogP contribution in [0.1, 0.15) is 41.1 Å². The SMILES string of the molecule is CC(Nc1ccc(C(Cc2ccncc2)c2ccc(OC(F)F)c(OC(F)F)c2)cn1)c1ccc(F)cc1. The van der Waals surface area contributed by atoms with Crippen molar-refractivity contribution in [2.24, 2.45) is 0 Å². The summed E-state index contributed by atoms with van der Waals surface area (Å²) in [6.07, 6.45) is 5.38. The second-order valence-electron chi connectivity index (χ2n) is 8.47. The molecule has 10 heteroatoms. The van der Waals surface area contributed by atoms with Gasteiger partial charge in [0.15, 0.2) is 11.5 Å². The Morgan fingerprint density at radius 1 is 0.763 bits per heavy atom. The Hall–Kier alpha value is -4.21. The van der Waals surface area contributed by atoms with Crippen molar-refractivity contribution in [1.82, 2.24) is 9.97 Å². The smallest absolute Gasteiger partial charge is 0.387 e. The summed E-state index contributed by atoms with van der Waals surface area (Å²) in [6, 6.07) is 17.3. The lowest BCUT2D eigenvalue weighted by atomic mass is 9.87. The zero-order valence-corrected chi connectivity index (χ0v) is 20.2. The van der Waals surface area contributed by atoms with Crippen molar-refractivity contribution in [2.75, 3.05) is 5.32 Å². The lowest BCUT2D eigenvalue weighted by Gasteiger charge is -2.21. The van der Waals surface area contributed by atoms with Crippen molar-refractivity contribution in [3.63, 3.8) is 0 Å². The molecule has 0 aliphatic rings. The van der Waals surface area contributed by atoms with E-state index in [1.54, 1.807) is 36.8 Å². The lowest BCUT2D eigenvalue weighted by Crippen LogP contribution is -2.11. The third-order valence-electron chi connectivity index (χ3n) is 5.91. The van der Waals surface area contributed by atoms with Gasteiger partial charge in [0.2, 0.25) is 0 Å².